The molecule has 3 aliphatic rings. The number of morpholine rings is 1. The van der Waals surface area contributed by atoms with E-state index in [0.717, 1.165) is 51.3 Å². The van der Waals surface area contributed by atoms with Crippen molar-refractivity contribution in [3.05, 3.63) is 17.2 Å². The Labute approximate surface area is 143 Å². The molecular formula is C18H28N4O2. The van der Waals surface area contributed by atoms with E-state index in [9.17, 15) is 4.79 Å². The van der Waals surface area contributed by atoms with E-state index in [1.165, 1.54) is 30.7 Å². The van der Waals surface area contributed by atoms with Crippen LogP contribution in [0, 0.1) is 0 Å². The van der Waals surface area contributed by atoms with Crippen molar-refractivity contribution >= 4 is 5.91 Å². The first kappa shape index (κ1) is 16.1. The summed E-state index contributed by atoms with van der Waals surface area (Å²) in [5.74, 6) is 1.40. The Morgan fingerprint density at radius 3 is 2.83 bits per heavy atom. The smallest absolute Gasteiger partial charge is 0.224 e. The quantitative estimate of drug-likeness (QED) is 0.911. The fourth-order valence-electron chi connectivity index (χ4n) is 4.25. The van der Waals surface area contributed by atoms with Crippen LogP contribution in [0.2, 0.25) is 0 Å². The number of rotatable bonds is 4. The number of aromatic nitrogens is 2. The molecule has 4 rings (SSSR count). The van der Waals surface area contributed by atoms with E-state index in [4.69, 9.17) is 9.72 Å². The molecule has 132 valence electrons. The number of hydrogen-bond acceptors (Lipinski definition) is 4. The lowest BCUT2D eigenvalue weighted by Gasteiger charge is -2.28. The maximum Gasteiger partial charge on any atom is 0.224 e. The first-order valence-corrected chi connectivity index (χ1v) is 9.48. The molecule has 1 amide bonds. The van der Waals surface area contributed by atoms with Crippen molar-refractivity contribution in [2.75, 3.05) is 39.4 Å². The zero-order valence-corrected chi connectivity index (χ0v) is 14.4. The molecule has 0 saturated carbocycles. The first-order chi connectivity index (χ1) is 11.8. The van der Waals surface area contributed by atoms with Crippen LogP contribution >= 0.6 is 0 Å². The van der Waals surface area contributed by atoms with Crippen molar-refractivity contribution < 1.29 is 9.53 Å². The zero-order valence-electron chi connectivity index (χ0n) is 14.4. The van der Waals surface area contributed by atoms with Gasteiger partial charge in [0.15, 0.2) is 0 Å². The van der Waals surface area contributed by atoms with Crippen molar-refractivity contribution in [2.24, 2.45) is 0 Å². The van der Waals surface area contributed by atoms with E-state index in [0.29, 0.717) is 25.7 Å². The van der Waals surface area contributed by atoms with Gasteiger partial charge >= 0.3 is 0 Å². The molecule has 3 heterocycles. The van der Waals surface area contributed by atoms with Gasteiger partial charge in [-0.1, -0.05) is 0 Å². The zero-order chi connectivity index (χ0) is 16.4. The number of fused-ring (bicyclic) bond motifs is 1. The van der Waals surface area contributed by atoms with Gasteiger partial charge in [0.25, 0.3) is 0 Å². The minimum atomic E-state index is 0.266. The number of amides is 1. The third kappa shape index (κ3) is 3.35. The van der Waals surface area contributed by atoms with Gasteiger partial charge in [-0.25, -0.2) is 4.98 Å². The molecule has 6 heteroatoms. The summed E-state index contributed by atoms with van der Waals surface area (Å²) in [4.78, 5) is 25.3. The normalized spacial score (nSPS) is 25.0. The lowest BCUT2D eigenvalue weighted by atomic mass is 10.0. The Morgan fingerprint density at radius 2 is 2.00 bits per heavy atom. The molecule has 24 heavy (non-hydrogen) atoms. The molecule has 1 N–H and O–H groups in total. The van der Waals surface area contributed by atoms with E-state index >= 15 is 0 Å². The van der Waals surface area contributed by atoms with Crippen LogP contribution in [0.25, 0.3) is 0 Å². The van der Waals surface area contributed by atoms with Gasteiger partial charge in [0, 0.05) is 31.7 Å². The topological polar surface area (TPSA) is 61.5 Å². The maximum absolute atomic E-state index is 12.4. The van der Waals surface area contributed by atoms with Crippen LogP contribution in [0.3, 0.4) is 0 Å². The average molecular weight is 332 g/mol. The summed E-state index contributed by atoms with van der Waals surface area (Å²) >= 11 is 0. The fraction of sp³-hybridized carbons (Fsp3) is 0.778. The minimum absolute atomic E-state index is 0.266. The largest absolute Gasteiger partial charge is 0.378 e. The predicted octanol–water partition coefficient (Wildman–Crippen LogP) is 1.67. The number of aryl methyl sites for hydroxylation is 2. The summed E-state index contributed by atoms with van der Waals surface area (Å²) in [6.45, 7) is 4.75. The molecule has 1 atom stereocenters. The van der Waals surface area contributed by atoms with Gasteiger partial charge < -0.3 is 14.6 Å². The molecule has 1 aliphatic carbocycles. The van der Waals surface area contributed by atoms with Crippen molar-refractivity contribution in [3.63, 3.8) is 0 Å². The molecule has 2 saturated heterocycles. The monoisotopic (exact) mass is 332 g/mol. The van der Waals surface area contributed by atoms with E-state index < -0.39 is 0 Å². The SMILES string of the molecule is O=C(CCN1CCCC1c1nc2c([nH]1)CCCC2)N1CCOCC1. The Bertz CT molecular complexity index is 556. The predicted molar refractivity (Wildman–Crippen MR) is 90.8 cm³/mol. The van der Waals surface area contributed by atoms with Gasteiger partial charge in [-0.3, -0.25) is 9.69 Å². The number of nitrogens with one attached hydrogen (secondary N) is 1. The van der Waals surface area contributed by atoms with Crippen LogP contribution in [0.4, 0.5) is 0 Å². The number of H-pyrrole nitrogens is 1. The van der Waals surface area contributed by atoms with Crippen molar-refractivity contribution in [1.29, 1.82) is 0 Å². The number of imidazole rings is 1. The highest BCUT2D eigenvalue weighted by atomic mass is 16.5. The molecule has 1 unspecified atom stereocenters. The van der Waals surface area contributed by atoms with Gasteiger partial charge in [0.1, 0.15) is 5.82 Å². The van der Waals surface area contributed by atoms with Crippen molar-refractivity contribution in [2.45, 2.75) is 51.0 Å². The number of aromatic amines is 1. The first-order valence-electron chi connectivity index (χ1n) is 9.48. The molecule has 6 nitrogen and oxygen atoms in total. The molecular weight excluding hydrogens is 304 g/mol. The van der Waals surface area contributed by atoms with Crippen LogP contribution in [0.15, 0.2) is 0 Å². The molecule has 2 fully saturated rings. The summed E-state index contributed by atoms with van der Waals surface area (Å²) in [5, 5.41) is 0. The maximum atomic E-state index is 12.4. The fourth-order valence-corrected chi connectivity index (χ4v) is 4.25. The summed E-state index contributed by atoms with van der Waals surface area (Å²) in [6.07, 6.45) is 7.76. The molecule has 2 aliphatic heterocycles. The lowest BCUT2D eigenvalue weighted by Crippen LogP contribution is -2.42. The second-order valence-corrected chi connectivity index (χ2v) is 7.19. The molecule has 0 spiro atoms. The third-order valence-corrected chi connectivity index (χ3v) is 5.63. The molecule has 0 radical (unpaired) electrons. The lowest BCUT2D eigenvalue weighted by molar-refractivity contribution is -0.135. The molecule has 0 bridgehead atoms. The summed E-state index contributed by atoms with van der Waals surface area (Å²) < 4.78 is 5.33. The van der Waals surface area contributed by atoms with E-state index in [1.54, 1.807) is 0 Å². The van der Waals surface area contributed by atoms with Crippen LogP contribution in [-0.2, 0) is 22.4 Å². The summed E-state index contributed by atoms with van der Waals surface area (Å²) in [7, 11) is 0. The van der Waals surface area contributed by atoms with Crippen molar-refractivity contribution in [1.82, 2.24) is 19.8 Å². The third-order valence-electron chi connectivity index (χ3n) is 5.63. The number of likely N-dealkylation sites (tertiary alicyclic amines) is 1. The number of carbonyl (C=O) groups is 1. The van der Waals surface area contributed by atoms with Gasteiger partial charge in [0.05, 0.1) is 24.9 Å². The standard InChI is InChI=1S/C18H28N4O2/c23-17(22-10-12-24-13-11-22)7-9-21-8-3-6-16(21)18-19-14-4-1-2-5-15(14)20-18/h16H,1-13H2,(H,19,20). The van der Waals surface area contributed by atoms with Crippen molar-refractivity contribution in [3.8, 4) is 0 Å². The Kier molecular flexibility index (Phi) is 4.85. The van der Waals surface area contributed by atoms with Crippen LogP contribution in [0.1, 0.15) is 55.4 Å². The summed E-state index contributed by atoms with van der Waals surface area (Å²) in [5.41, 5.74) is 2.64. The Hall–Kier alpha value is -1.40. The van der Waals surface area contributed by atoms with Crippen LogP contribution < -0.4 is 0 Å². The average Bonchev–Trinajstić information content (AvgIpc) is 3.26. The van der Waals surface area contributed by atoms with E-state index in [-0.39, 0.29) is 5.91 Å². The number of ether oxygens (including phenoxy) is 1. The number of carbonyl (C=O) groups excluding carboxylic acids is 1. The molecule has 1 aromatic rings. The van der Waals surface area contributed by atoms with E-state index in [1.807, 2.05) is 4.90 Å². The second kappa shape index (κ2) is 7.23. The summed E-state index contributed by atoms with van der Waals surface area (Å²) in [6, 6.07) is 0.369. The highest BCUT2D eigenvalue weighted by Gasteiger charge is 2.30. The molecule has 1 aromatic heterocycles. The van der Waals surface area contributed by atoms with Gasteiger partial charge in [-0.05, 0) is 45.1 Å². The molecule has 0 aromatic carbocycles. The minimum Gasteiger partial charge on any atom is -0.378 e. The number of nitrogens with zero attached hydrogens (tertiary/aromatic N) is 3. The van der Waals surface area contributed by atoms with Crippen LogP contribution in [-0.4, -0.2) is 65.1 Å². The Balaban J connectivity index is 1.36. The van der Waals surface area contributed by atoms with Gasteiger partial charge in [0.2, 0.25) is 5.91 Å². The van der Waals surface area contributed by atoms with Crippen LogP contribution in [0.5, 0.6) is 0 Å². The highest BCUT2D eigenvalue weighted by molar-refractivity contribution is 5.76. The Morgan fingerprint density at radius 1 is 1.17 bits per heavy atom. The van der Waals surface area contributed by atoms with Gasteiger partial charge in [-0.2, -0.15) is 0 Å². The number of hydrogen-bond donors (Lipinski definition) is 1. The van der Waals surface area contributed by atoms with E-state index in [2.05, 4.69) is 9.88 Å². The highest BCUT2D eigenvalue weighted by Crippen LogP contribution is 2.32. The second-order valence-electron chi connectivity index (χ2n) is 7.19. The van der Waals surface area contributed by atoms with Gasteiger partial charge in [-0.15, -0.1) is 0 Å².